The van der Waals surface area contributed by atoms with E-state index in [1.807, 2.05) is 0 Å². The summed E-state index contributed by atoms with van der Waals surface area (Å²) in [6.07, 6.45) is 0. The lowest BCUT2D eigenvalue weighted by Gasteiger charge is -2.08. The van der Waals surface area contributed by atoms with Gasteiger partial charge in [0.15, 0.2) is 0 Å². The minimum atomic E-state index is -1.32. The Morgan fingerprint density at radius 1 is 1.12 bits per heavy atom. The monoisotopic (exact) mass is 244 g/mol. The highest BCUT2D eigenvalue weighted by atomic mass is 16.7. The third-order valence-corrected chi connectivity index (χ3v) is 1.45. The average Bonchev–Trinajstić information content (AvgIpc) is 2.18. The van der Waals surface area contributed by atoms with Crippen molar-refractivity contribution in [1.82, 2.24) is 9.46 Å². The second-order valence-electron chi connectivity index (χ2n) is 2.88. The van der Waals surface area contributed by atoms with Crippen LogP contribution in [0, 0.1) is 0 Å². The number of aromatic nitrogens is 2. The molecule has 0 amide bonds. The zero-order chi connectivity index (χ0) is 13.2. The van der Waals surface area contributed by atoms with Crippen LogP contribution in [0.15, 0.2) is 15.7 Å². The van der Waals surface area contributed by atoms with Crippen molar-refractivity contribution in [2.24, 2.45) is 0 Å². The summed E-state index contributed by atoms with van der Waals surface area (Å²) in [7, 11) is 0. The highest BCUT2D eigenvalue weighted by Gasteiger charge is 2.15. The van der Waals surface area contributed by atoms with Crippen LogP contribution in [-0.2, 0) is 9.59 Å². The normalized spacial score (nSPS) is 9.76. The topological polar surface area (TPSA) is 117 Å². The number of rotatable bonds is 2. The fourth-order valence-electron chi connectivity index (χ4n) is 0.929. The van der Waals surface area contributed by atoms with E-state index in [1.165, 1.54) is 0 Å². The molecular formula is C8H8N2O7. The van der Waals surface area contributed by atoms with Gasteiger partial charge in [0.05, 0.1) is 6.07 Å². The zero-order valence-electron chi connectivity index (χ0n) is 8.87. The van der Waals surface area contributed by atoms with E-state index >= 15 is 0 Å². The van der Waals surface area contributed by atoms with Crippen LogP contribution in [0.2, 0.25) is 0 Å². The number of nitrogens with zero attached hydrogens (tertiary/aromatic N) is 2. The van der Waals surface area contributed by atoms with Gasteiger partial charge >= 0.3 is 17.6 Å². The van der Waals surface area contributed by atoms with E-state index in [4.69, 9.17) is 0 Å². The van der Waals surface area contributed by atoms with Crippen LogP contribution in [-0.4, -0.2) is 26.5 Å². The van der Waals surface area contributed by atoms with Crippen molar-refractivity contribution < 1.29 is 24.4 Å². The number of carbonyl (C=O) groups is 2. The third kappa shape index (κ3) is 2.71. The molecule has 9 heteroatoms. The number of carbonyl (C=O) groups excluding carboxylic acids is 2. The predicted molar refractivity (Wildman–Crippen MR) is 51.1 cm³/mol. The van der Waals surface area contributed by atoms with Crippen LogP contribution in [0.25, 0.3) is 0 Å². The van der Waals surface area contributed by atoms with Crippen molar-refractivity contribution in [3.8, 4) is 5.88 Å². The molecule has 0 saturated heterocycles. The first kappa shape index (κ1) is 12.5. The van der Waals surface area contributed by atoms with Crippen LogP contribution in [0.3, 0.4) is 0 Å². The quantitative estimate of drug-likeness (QED) is 0.619. The number of hydrogen-bond acceptors (Lipinski definition) is 7. The summed E-state index contributed by atoms with van der Waals surface area (Å²) in [4.78, 5) is 52.6. The van der Waals surface area contributed by atoms with Gasteiger partial charge in [-0.2, -0.15) is 0 Å². The van der Waals surface area contributed by atoms with E-state index in [2.05, 4.69) is 9.68 Å². The van der Waals surface area contributed by atoms with Gasteiger partial charge in [0, 0.05) is 13.8 Å². The fourth-order valence-corrected chi connectivity index (χ4v) is 0.929. The number of aromatic hydroxyl groups is 1. The van der Waals surface area contributed by atoms with Crippen molar-refractivity contribution in [1.29, 1.82) is 0 Å². The third-order valence-electron chi connectivity index (χ3n) is 1.45. The Kier molecular flexibility index (Phi) is 3.31. The van der Waals surface area contributed by atoms with Gasteiger partial charge in [-0.1, -0.05) is 9.46 Å². The Hall–Kier alpha value is -2.58. The smallest absolute Gasteiger partial charge is 0.402 e. The first-order valence-electron chi connectivity index (χ1n) is 4.29. The molecule has 1 N–H and O–H groups in total. The largest absolute Gasteiger partial charge is 0.492 e. The minimum Gasteiger partial charge on any atom is -0.492 e. The highest BCUT2D eigenvalue weighted by molar-refractivity contribution is 5.66. The average molecular weight is 244 g/mol. The molecule has 0 aliphatic rings. The Labute approximate surface area is 93.3 Å². The summed E-state index contributed by atoms with van der Waals surface area (Å²) >= 11 is 0. The van der Waals surface area contributed by atoms with Gasteiger partial charge in [-0.05, 0) is 0 Å². The molecule has 0 unspecified atom stereocenters. The van der Waals surface area contributed by atoms with Crippen LogP contribution in [0.5, 0.6) is 5.88 Å². The van der Waals surface area contributed by atoms with Crippen molar-refractivity contribution in [3.63, 3.8) is 0 Å². The van der Waals surface area contributed by atoms with Gasteiger partial charge in [-0.25, -0.2) is 14.4 Å². The Balaban J connectivity index is 3.43. The molecule has 1 aromatic heterocycles. The molecule has 0 spiro atoms. The SMILES string of the molecule is CC(=O)On1c(O)cc(=O)n(OC(C)=O)c1=O. The molecule has 0 aromatic carbocycles. The van der Waals surface area contributed by atoms with Crippen molar-refractivity contribution >= 4 is 11.9 Å². The first-order chi connectivity index (χ1) is 7.82. The summed E-state index contributed by atoms with van der Waals surface area (Å²) in [5.74, 6) is -2.72. The minimum absolute atomic E-state index is 0.0466. The first-order valence-corrected chi connectivity index (χ1v) is 4.29. The molecule has 0 bridgehead atoms. The predicted octanol–water partition coefficient (Wildman–Crippen LogP) is -2.33. The van der Waals surface area contributed by atoms with Crippen LogP contribution in [0.1, 0.15) is 13.8 Å². The standard InChI is InChI=1S/C8H8N2O7/c1-4(11)16-9-6(13)3-7(14)10(8(9)15)17-5(2)12/h3,13H,1-2H3. The lowest BCUT2D eigenvalue weighted by molar-refractivity contribution is -0.145. The van der Waals surface area contributed by atoms with E-state index in [0.29, 0.717) is 6.07 Å². The van der Waals surface area contributed by atoms with Crippen molar-refractivity contribution in [2.45, 2.75) is 13.8 Å². The molecule has 1 aromatic rings. The molecule has 92 valence electrons. The molecule has 0 atom stereocenters. The van der Waals surface area contributed by atoms with Crippen molar-refractivity contribution in [2.75, 3.05) is 0 Å². The van der Waals surface area contributed by atoms with E-state index in [9.17, 15) is 24.3 Å². The molecule has 1 rings (SSSR count). The van der Waals surface area contributed by atoms with E-state index in [0.717, 1.165) is 13.8 Å². The molecule has 0 aliphatic heterocycles. The van der Waals surface area contributed by atoms with Gasteiger partial charge in [0.25, 0.3) is 5.56 Å². The fraction of sp³-hybridized carbons (Fsp3) is 0.250. The molecule has 0 aliphatic carbocycles. The molecule has 0 fully saturated rings. The van der Waals surface area contributed by atoms with Gasteiger partial charge in [0.1, 0.15) is 0 Å². The van der Waals surface area contributed by atoms with Crippen LogP contribution >= 0.6 is 0 Å². The van der Waals surface area contributed by atoms with Gasteiger partial charge in [0.2, 0.25) is 5.88 Å². The maximum atomic E-state index is 11.5. The molecule has 9 nitrogen and oxygen atoms in total. The van der Waals surface area contributed by atoms with Crippen LogP contribution < -0.4 is 20.9 Å². The number of hydrogen-bond donors (Lipinski definition) is 1. The highest BCUT2D eigenvalue weighted by Crippen LogP contribution is 1.97. The summed E-state index contributed by atoms with van der Waals surface area (Å²) < 4.78 is 0.164. The van der Waals surface area contributed by atoms with Gasteiger partial charge < -0.3 is 14.8 Å². The van der Waals surface area contributed by atoms with Crippen molar-refractivity contribution in [3.05, 3.63) is 26.9 Å². The van der Waals surface area contributed by atoms with E-state index in [1.54, 1.807) is 0 Å². The second kappa shape index (κ2) is 4.51. The van der Waals surface area contributed by atoms with E-state index in [-0.39, 0.29) is 9.46 Å². The van der Waals surface area contributed by atoms with Crippen LogP contribution in [0.4, 0.5) is 0 Å². The lowest BCUT2D eigenvalue weighted by Crippen LogP contribution is -2.46. The molecule has 17 heavy (non-hydrogen) atoms. The Bertz CT molecular complexity index is 583. The second-order valence-corrected chi connectivity index (χ2v) is 2.88. The molecule has 1 heterocycles. The molecule has 0 radical (unpaired) electrons. The Morgan fingerprint density at radius 3 is 2.06 bits per heavy atom. The maximum Gasteiger partial charge on any atom is 0.402 e. The molecular weight excluding hydrogens is 236 g/mol. The summed E-state index contributed by atoms with van der Waals surface area (Å²) in [6, 6.07) is 0.549. The molecule has 0 saturated carbocycles. The van der Waals surface area contributed by atoms with Gasteiger partial charge in [-0.3, -0.25) is 4.79 Å². The van der Waals surface area contributed by atoms with E-state index < -0.39 is 29.1 Å². The Morgan fingerprint density at radius 2 is 1.59 bits per heavy atom. The van der Waals surface area contributed by atoms with Gasteiger partial charge in [-0.15, -0.1) is 0 Å². The maximum absolute atomic E-state index is 11.5. The summed E-state index contributed by atoms with van der Waals surface area (Å²) in [5.41, 5.74) is -2.40. The lowest BCUT2D eigenvalue weighted by atomic mass is 10.6. The summed E-state index contributed by atoms with van der Waals surface area (Å²) in [6.45, 7) is 1.95. The zero-order valence-corrected chi connectivity index (χ0v) is 8.87. The summed E-state index contributed by atoms with van der Waals surface area (Å²) in [5, 5.41) is 9.21.